The average molecular weight is 430 g/mol. The van der Waals surface area contributed by atoms with E-state index in [0.717, 1.165) is 24.6 Å². The number of hydrazone groups is 2. The van der Waals surface area contributed by atoms with Gasteiger partial charge in [0, 0.05) is 0 Å². The summed E-state index contributed by atoms with van der Waals surface area (Å²) < 4.78 is 14.7. The Morgan fingerprint density at radius 1 is 0.742 bits per heavy atom. The standard InChI is InChI=1S/C16H10N6O9/c23-15(19-17-7-9-1-5-13(29-9)21(25)26)11-3-4-12(31-11)16(24)20-18-8-10-2-6-14(30-10)22(27)28/h1-8H,(H,19,23)(H,20,24). The molecule has 31 heavy (non-hydrogen) atoms. The number of furan rings is 3. The number of carbonyl (C=O) groups excluding carboxylic acids is 2. The molecule has 3 aromatic heterocycles. The molecule has 15 nitrogen and oxygen atoms in total. The summed E-state index contributed by atoms with van der Waals surface area (Å²) >= 11 is 0. The maximum absolute atomic E-state index is 12.0. The summed E-state index contributed by atoms with van der Waals surface area (Å²) in [5, 5.41) is 28.2. The van der Waals surface area contributed by atoms with E-state index >= 15 is 0 Å². The molecule has 0 bridgehead atoms. The Morgan fingerprint density at radius 3 is 1.52 bits per heavy atom. The van der Waals surface area contributed by atoms with Crippen LogP contribution in [0.4, 0.5) is 11.8 Å². The lowest BCUT2D eigenvalue weighted by Crippen LogP contribution is -2.18. The van der Waals surface area contributed by atoms with Crippen LogP contribution in [0.15, 0.2) is 59.9 Å². The molecule has 0 fully saturated rings. The molecule has 0 radical (unpaired) electrons. The molecule has 3 heterocycles. The number of nitro groups is 2. The number of nitrogens with zero attached hydrogens (tertiary/aromatic N) is 4. The van der Waals surface area contributed by atoms with Crippen molar-refractivity contribution < 1.29 is 32.7 Å². The van der Waals surface area contributed by atoms with Gasteiger partial charge in [0.1, 0.15) is 9.85 Å². The number of hydrogen-bond donors (Lipinski definition) is 2. The Bertz CT molecular complexity index is 1110. The second kappa shape index (κ2) is 8.95. The van der Waals surface area contributed by atoms with E-state index in [0.29, 0.717) is 0 Å². The number of nitrogens with one attached hydrogen (secondary N) is 2. The first-order valence-corrected chi connectivity index (χ1v) is 8.08. The maximum atomic E-state index is 12.0. The predicted molar refractivity (Wildman–Crippen MR) is 99.6 cm³/mol. The van der Waals surface area contributed by atoms with Crippen LogP contribution in [-0.4, -0.2) is 34.1 Å². The second-order valence-corrected chi connectivity index (χ2v) is 5.43. The van der Waals surface area contributed by atoms with Crippen molar-refractivity contribution in [2.45, 2.75) is 0 Å². The third-order valence-corrected chi connectivity index (χ3v) is 3.35. The minimum atomic E-state index is -0.803. The van der Waals surface area contributed by atoms with Gasteiger partial charge in [0.05, 0.1) is 24.6 Å². The third-order valence-electron chi connectivity index (χ3n) is 3.35. The van der Waals surface area contributed by atoms with Gasteiger partial charge in [0.15, 0.2) is 23.0 Å². The van der Waals surface area contributed by atoms with Crippen LogP contribution in [0, 0.1) is 20.2 Å². The van der Waals surface area contributed by atoms with Gasteiger partial charge in [-0.05, 0) is 24.3 Å². The van der Waals surface area contributed by atoms with E-state index in [1.807, 2.05) is 0 Å². The topological polar surface area (TPSA) is 209 Å². The van der Waals surface area contributed by atoms with Gasteiger partial charge < -0.3 is 13.3 Å². The van der Waals surface area contributed by atoms with E-state index in [2.05, 4.69) is 21.1 Å². The van der Waals surface area contributed by atoms with Crippen LogP contribution in [0.3, 0.4) is 0 Å². The number of hydrogen-bond acceptors (Lipinski definition) is 11. The normalized spacial score (nSPS) is 11.1. The monoisotopic (exact) mass is 430 g/mol. The predicted octanol–water partition coefficient (Wildman–Crippen LogP) is 1.81. The molecule has 0 unspecified atom stereocenters. The van der Waals surface area contributed by atoms with E-state index in [4.69, 9.17) is 13.3 Å². The van der Waals surface area contributed by atoms with E-state index in [9.17, 15) is 29.8 Å². The molecule has 0 aliphatic heterocycles. The van der Waals surface area contributed by atoms with E-state index in [-0.39, 0.29) is 23.0 Å². The van der Waals surface area contributed by atoms with Crippen molar-refractivity contribution in [3.63, 3.8) is 0 Å². The van der Waals surface area contributed by atoms with Crippen LogP contribution >= 0.6 is 0 Å². The lowest BCUT2D eigenvalue weighted by Gasteiger charge is -1.96. The van der Waals surface area contributed by atoms with Crippen LogP contribution in [0.5, 0.6) is 0 Å². The molecule has 3 aromatic rings. The Kier molecular flexibility index (Phi) is 5.96. The molecule has 0 spiro atoms. The summed E-state index contributed by atoms with van der Waals surface area (Å²) in [4.78, 5) is 43.5. The summed E-state index contributed by atoms with van der Waals surface area (Å²) in [6, 6.07) is 7.22. The zero-order valence-corrected chi connectivity index (χ0v) is 15.1. The van der Waals surface area contributed by atoms with Crippen molar-refractivity contribution in [1.29, 1.82) is 0 Å². The fourth-order valence-corrected chi connectivity index (χ4v) is 2.02. The lowest BCUT2D eigenvalue weighted by atomic mass is 10.4. The highest BCUT2D eigenvalue weighted by atomic mass is 16.7. The molecule has 2 amide bonds. The Hall–Kier alpha value is -5.08. The van der Waals surface area contributed by atoms with Crippen LogP contribution in [0.2, 0.25) is 0 Å². The van der Waals surface area contributed by atoms with Gasteiger partial charge in [0.25, 0.3) is 0 Å². The van der Waals surface area contributed by atoms with Gasteiger partial charge >= 0.3 is 23.6 Å². The summed E-state index contributed by atoms with van der Waals surface area (Å²) in [6.45, 7) is 0. The summed E-state index contributed by atoms with van der Waals surface area (Å²) in [5.41, 5.74) is 4.18. The van der Waals surface area contributed by atoms with Crippen molar-refractivity contribution in [2.24, 2.45) is 10.2 Å². The van der Waals surface area contributed by atoms with Crippen molar-refractivity contribution in [1.82, 2.24) is 10.9 Å². The van der Waals surface area contributed by atoms with E-state index in [1.165, 1.54) is 24.3 Å². The molecule has 0 aliphatic carbocycles. The molecular weight excluding hydrogens is 420 g/mol. The highest BCUT2D eigenvalue weighted by Crippen LogP contribution is 2.14. The molecule has 0 aliphatic rings. The first-order chi connectivity index (χ1) is 14.8. The molecule has 3 rings (SSSR count). The Labute approximate surface area is 170 Å². The molecule has 0 aromatic carbocycles. The van der Waals surface area contributed by atoms with Gasteiger partial charge in [-0.3, -0.25) is 29.8 Å². The molecule has 2 N–H and O–H groups in total. The zero-order valence-electron chi connectivity index (χ0n) is 15.1. The van der Waals surface area contributed by atoms with Crippen LogP contribution < -0.4 is 10.9 Å². The summed E-state index contributed by atoms with van der Waals surface area (Å²) in [6.07, 6.45) is 2.07. The highest BCUT2D eigenvalue weighted by molar-refractivity contribution is 5.96. The lowest BCUT2D eigenvalue weighted by molar-refractivity contribution is -0.402. The fourth-order valence-electron chi connectivity index (χ4n) is 2.02. The Balaban J connectivity index is 1.53. The van der Waals surface area contributed by atoms with E-state index in [1.54, 1.807) is 0 Å². The molecular formula is C16H10N6O9. The van der Waals surface area contributed by atoms with Crippen molar-refractivity contribution in [3.05, 3.63) is 79.7 Å². The average Bonchev–Trinajstić information content (AvgIpc) is 3.48. The van der Waals surface area contributed by atoms with Gasteiger partial charge in [-0.25, -0.2) is 10.9 Å². The van der Waals surface area contributed by atoms with Crippen molar-refractivity contribution in [3.8, 4) is 0 Å². The third kappa shape index (κ3) is 5.25. The largest absolute Gasteiger partial charge is 0.446 e. The van der Waals surface area contributed by atoms with Gasteiger partial charge in [-0.15, -0.1) is 0 Å². The first-order valence-electron chi connectivity index (χ1n) is 8.08. The summed E-state index contributed by atoms with van der Waals surface area (Å²) in [7, 11) is 0. The molecule has 0 saturated carbocycles. The SMILES string of the molecule is O=C(NN=Cc1ccc([N+](=O)[O-])o1)c1ccc(C(=O)NN=Cc2ccc([N+](=O)[O-])o2)o1. The summed E-state index contributed by atoms with van der Waals surface area (Å²) in [5.74, 6) is -3.01. The van der Waals surface area contributed by atoms with Gasteiger partial charge in [0.2, 0.25) is 0 Å². The molecule has 158 valence electrons. The first kappa shape index (κ1) is 20.6. The molecule has 15 heteroatoms. The minimum absolute atomic E-state index is 0.0336. The van der Waals surface area contributed by atoms with Crippen LogP contribution in [0.25, 0.3) is 0 Å². The van der Waals surface area contributed by atoms with Crippen molar-refractivity contribution >= 4 is 36.0 Å². The van der Waals surface area contributed by atoms with Crippen LogP contribution in [0.1, 0.15) is 32.6 Å². The Morgan fingerprint density at radius 2 is 1.16 bits per heavy atom. The van der Waals surface area contributed by atoms with Gasteiger partial charge in [-0.2, -0.15) is 10.2 Å². The van der Waals surface area contributed by atoms with Crippen molar-refractivity contribution in [2.75, 3.05) is 0 Å². The fraction of sp³-hybridized carbons (Fsp3) is 0. The zero-order chi connectivity index (χ0) is 22.4. The molecule has 0 atom stereocenters. The molecule has 0 saturated heterocycles. The number of rotatable bonds is 8. The smallest absolute Gasteiger partial charge is 0.433 e. The highest BCUT2D eigenvalue weighted by Gasteiger charge is 2.16. The number of amides is 2. The van der Waals surface area contributed by atoms with Crippen LogP contribution in [-0.2, 0) is 0 Å². The minimum Gasteiger partial charge on any atom is -0.446 e. The number of carbonyl (C=O) groups is 2. The second-order valence-electron chi connectivity index (χ2n) is 5.43. The van der Waals surface area contributed by atoms with E-state index < -0.39 is 33.4 Å². The maximum Gasteiger partial charge on any atom is 0.433 e. The quantitative estimate of drug-likeness (QED) is 0.303. The van der Waals surface area contributed by atoms with Gasteiger partial charge in [-0.1, -0.05) is 0 Å².